The number of hydrogen-bond acceptors (Lipinski definition) is 5. The van der Waals surface area contributed by atoms with Gasteiger partial charge in [-0.1, -0.05) is 18.2 Å². The van der Waals surface area contributed by atoms with Crippen molar-refractivity contribution in [1.82, 2.24) is 5.32 Å². The maximum absolute atomic E-state index is 13.4. The summed E-state index contributed by atoms with van der Waals surface area (Å²) in [4.78, 5) is 21.4. The van der Waals surface area contributed by atoms with E-state index in [4.69, 9.17) is 4.42 Å². The van der Waals surface area contributed by atoms with E-state index >= 15 is 0 Å². The number of amides is 1. The molecule has 0 saturated carbocycles. The fraction of sp³-hybridized carbons (Fsp3) is 0.188. The van der Waals surface area contributed by atoms with Crippen LogP contribution in [0.4, 0.5) is 10.3 Å². The first kappa shape index (κ1) is 17.7. The molecule has 1 amide bonds. The highest BCUT2D eigenvalue weighted by atomic mass is 32.2. The van der Waals surface area contributed by atoms with Crippen LogP contribution in [0, 0.1) is 15.9 Å². The summed E-state index contributed by atoms with van der Waals surface area (Å²) in [5.41, 5.74) is 0.633. The van der Waals surface area contributed by atoms with Crippen LogP contribution in [0.25, 0.3) is 6.08 Å². The number of rotatable bonds is 8. The van der Waals surface area contributed by atoms with Gasteiger partial charge in [-0.15, -0.1) is 0 Å². The molecule has 126 valence electrons. The van der Waals surface area contributed by atoms with Crippen molar-refractivity contribution in [2.75, 3.05) is 12.3 Å². The van der Waals surface area contributed by atoms with Crippen LogP contribution in [-0.4, -0.2) is 23.1 Å². The lowest BCUT2D eigenvalue weighted by Gasteiger charge is -2.04. The molecule has 24 heavy (non-hydrogen) atoms. The molecule has 0 unspecified atom stereocenters. The fourth-order valence-electron chi connectivity index (χ4n) is 1.79. The van der Waals surface area contributed by atoms with Crippen molar-refractivity contribution in [1.29, 1.82) is 0 Å². The van der Waals surface area contributed by atoms with Gasteiger partial charge in [-0.05, 0) is 23.8 Å². The zero-order valence-electron chi connectivity index (χ0n) is 12.6. The standard InChI is InChI=1S/C16H15FN2O4S/c17-14-4-2-1-3-12(14)11-24-10-9-18-15(20)7-5-13-6-8-16(23-13)19(21)22/h1-8H,9-11H2,(H,18,20)/b7-5+. The quantitative estimate of drug-likeness (QED) is 0.341. The number of nitrogens with one attached hydrogen (secondary N) is 1. The normalized spacial score (nSPS) is 10.9. The second-order valence-corrected chi connectivity index (χ2v) is 5.81. The summed E-state index contributed by atoms with van der Waals surface area (Å²) >= 11 is 1.51. The van der Waals surface area contributed by atoms with Gasteiger partial charge in [-0.25, -0.2) is 4.39 Å². The van der Waals surface area contributed by atoms with E-state index in [0.717, 1.165) is 0 Å². The molecule has 1 aromatic heterocycles. The topological polar surface area (TPSA) is 85.4 Å². The Labute approximate surface area is 141 Å². The van der Waals surface area contributed by atoms with E-state index in [9.17, 15) is 19.3 Å². The van der Waals surface area contributed by atoms with E-state index in [0.29, 0.717) is 23.6 Å². The van der Waals surface area contributed by atoms with Crippen molar-refractivity contribution in [3.8, 4) is 0 Å². The molecule has 0 radical (unpaired) electrons. The van der Waals surface area contributed by atoms with Gasteiger partial charge >= 0.3 is 5.88 Å². The van der Waals surface area contributed by atoms with E-state index in [2.05, 4.69) is 5.32 Å². The predicted molar refractivity (Wildman–Crippen MR) is 90.0 cm³/mol. The van der Waals surface area contributed by atoms with Crippen molar-refractivity contribution in [3.63, 3.8) is 0 Å². The number of hydrogen-bond donors (Lipinski definition) is 1. The Hall–Kier alpha value is -2.61. The number of furan rings is 1. The minimum absolute atomic E-state index is 0.228. The number of halogens is 1. The molecule has 2 rings (SSSR count). The van der Waals surface area contributed by atoms with Gasteiger partial charge in [0.15, 0.2) is 0 Å². The van der Waals surface area contributed by atoms with Crippen molar-refractivity contribution in [3.05, 3.63) is 69.7 Å². The zero-order chi connectivity index (χ0) is 17.4. The van der Waals surface area contributed by atoms with E-state index in [1.165, 1.54) is 42.1 Å². The second kappa shape index (κ2) is 8.88. The molecule has 0 fully saturated rings. The molecule has 2 aromatic rings. The van der Waals surface area contributed by atoms with Crippen LogP contribution in [0.1, 0.15) is 11.3 Å². The summed E-state index contributed by atoms with van der Waals surface area (Å²) < 4.78 is 18.3. The Bertz CT molecular complexity index is 745. The molecule has 1 aromatic carbocycles. The molecular formula is C16H15FN2O4S. The van der Waals surface area contributed by atoms with Gasteiger partial charge in [0, 0.05) is 24.1 Å². The zero-order valence-corrected chi connectivity index (χ0v) is 13.4. The van der Waals surface area contributed by atoms with E-state index in [1.807, 2.05) is 0 Å². The van der Waals surface area contributed by atoms with E-state index in [1.54, 1.807) is 18.2 Å². The lowest BCUT2D eigenvalue weighted by atomic mass is 10.2. The second-order valence-electron chi connectivity index (χ2n) is 4.70. The Morgan fingerprint density at radius 1 is 1.33 bits per heavy atom. The van der Waals surface area contributed by atoms with Crippen molar-refractivity contribution in [2.45, 2.75) is 5.75 Å². The van der Waals surface area contributed by atoms with Gasteiger partial charge in [0.05, 0.1) is 6.07 Å². The SMILES string of the molecule is O=C(/C=C/c1ccc([N+](=O)[O-])o1)NCCSCc1ccccc1F. The van der Waals surface area contributed by atoms with E-state index < -0.39 is 4.92 Å². The summed E-state index contributed by atoms with van der Waals surface area (Å²) in [5.74, 6) is 0.463. The molecule has 0 aliphatic heterocycles. The highest BCUT2D eigenvalue weighted by Crippen LogP contribution is 2.16. The Kier molecular flexibility index (Phi) is 6.56. The van der Waals surface area contributed by atoms with Crippen LogP contribution in [-0.2, 0) is 10.5 Å². The lowest BCUT2D eigenvalue weighted by molar-refractivity contribution is -0.402. The maximum atomic E-state index is 13.4. The number of nitrogens with zero attached hydrogens (tertiary/aromatic N) is 1. The lowest BCUT2D eigenvalue weighted by Crippen LogP contribution is -2.23. The third kappa shape index (κ3) is 5.54. The first-order valence-electron chi connectivity index (χ1n) is 7.07. The molecule has 0 saturated heterocycles. The van der Waals surface area contributed by atoms with Gasteiger partial charge in [-0.3, -0.25) is 14.9 Å². The molecule has 1 N–H and O–H groups in total. The molecule has 1 heterocycles. The van der Waals surface area contributed by atoms with Gasteiger partial charge in [0.1, 0.15) is 16.5 Å². The van der Waals surface area contributed by atoms with Gasteiger partial charge in [0.25, 0.3) is 0 Å². The minimum atomic E-state index is -0.649. The Morgan fingerprint density at radius 2 is 2.12 bits per heavy atom. The third-order valence-corrected chi connectivity index (χ3v) is 3.96. The van der Waals surface area contributed by atoms with E-state index in [-0.39, 0.29) is 23.4 Å². The summed E-state index contributed by atoms with van der Waals surface area (Å²) in [7, 11) is 0. The van der Waals surface area contributed by atoms with Crippen LogP contribution < -0.4 is 5.32 Å². The average Bonchev–Trinajstić information content (AvgIpc) is 3.03. The number of nitro groups is 1. The Morgan fingerprint density at radius 3 is 2.83 bits per heavy atom. The number of carbonyl (C=O) groups is 1. The van der Waals surface area contributed by atoms with Gasteiger partial charge in [0.2, 0.25) is 5.91 Å². The van der Waals surface area contributed by atoms with Crippen LogP contribution >= 0.6 is 11.8 Å². The molecular weight excluding hydrogens is 335 g/mol. The van der Waals surface area contributed by atoms with Crippen LogP contribution in [0.3, 0.4) is 0 Å². The summed E-state index contributed by atoms with van der Waals surface area (Å²) in [6, 6.07) is 9.20. The molecule has 0 spiro atoms. The average molecular weight is 350 g/mol. The number of carbonyl (C=O) groups excluding carboxylic acids is 1. The molecule has 0 aliphatic rings. The molecule has 0 bridgehead atoms. The summed E-state index contributed by atoms with van der Waals surface area (Å²) in [6.45, 7) is 0.431. The maximum Gasteiger partial charge on any atom is 0.433 e. The monoisotopic (exact) mass is 350 g/mol. The highest BCUT2D eigenvalue weighted by molar-refractivity contribution is 7.98. The molecule has 8 heteroatoms. The smallest absolute Gasteiger partial charge is 0.401 e. The summed E-state index contributed by atoms with van der Waals surface area (Å²) in [5, 5.41) is 13.1. The van der Waals surface area contributed by atoms with Crippen LogP contribution in [0.2, 0.25) is 0 Å². The van der Waals surface area contributed by atoms with Gasteiger partial charge in [-0.2, -0.15) is 11.8 Å². The molecule has 0 aliphatic carbocycles. The highest BCUT2D eigenvalue weighted by Gasteiger charge is 2.10. The van der Waals surface area contributed by atoms with Gasteiger partial charge < -0.3 is 9.73 Å². The largest absolute Gasteiger partial charge is 0.433 e. The van der Waals surface area contributed by atoms with Crippen LogP contribution in [0.15, 0.2) is 46.9 Å². The van der Waals surface area contributed by atoms with Crippen molar-refractivity contribution < 1.29 is 18.5 Å². The first-order chi connectivity index (χ1) is 11.6. The number of thioether (sulfide) groups is 1. The molecule has 6 nitrogen and oxygen atoms in total. The predicted octanol–water partition coefficient (Wildman–Crippen LogP) is 3.39. The van der Waals surface area contributed by atoms with Crippen molar-refractivity contribution >= 4 is 29.6 Å². The minimum Gasteiger partial charge on any atom is -0.401 e. The third-order valence-electron chi connectivity index (χ3n) is 2.95. The first-order valence-corrected chi connectivity index (χ1v) is 8.23. The fourth-order valence-corrected chi connectivity index (χ4v) is 2.64. The number of benzene rings is 1. The molecule has 0 atom stereocenters. The summed E-state index contributed by atoms with van der Waals surface area (Å²) in [6.07, 6.45) is 2.60. The van der Waals surface area contributed by atoms with Crippen LogP contribution in [0.5, 0.6) is 0 Å². The van der Waals surface area contributed by atoms with Crippen molar-refractivity contribution in [2.24, 2.45) is 0 Å². The Balaban J connectivity index is 1.67.